The Kier molecular flexibility index (Phi) is 5.26. The van der Waals surface area contributed by atoms with Gasteiger partial charge in [-0.2, -0.15) is 5.10 Å². The molecule has 1 N–H and O–H groups in total. The number of methoxy groups -OCH3 is 1. The summed E-state index contributed by atoms with van der Waals surface area (Å²) in [5.74, 6) is 1.14. The van der Waals surface area contributed by atoms with Crippen molar-refractivity contribution in [2.24, 2.45) is 7.05 Å². The molecule has 2 rings (SSSR count). The molecule has 6 nitrogen and oxygen atoms in total. The minimum atomic E-state index is -0.583. The number of ether oxygens (including phenoxy) is 2. The molecule has 2 aromatic rings. The van der Waals surface area contributed by atoms with E-state index >= 15 is 0 Å². The first-order valence-corrected chi connectivity index (χ1v) is 7.50. The zero-order valence-electron chi connectivity index (χ0n) is 14.2. The maximum Gasteiger partial charge on any atom is 0.261 e. The highest BCUT2D eigenvalue weighted by Gasteiger charge is 2.18. The number of carbonyl (C=O) groups is 1. The van der Waals surface area contributed by atoms with Crippen molar-refractivity contribution < 1.29 is 14.3 Å². The zero-order chi connectivity index (χ0) is 17.0. The van der Waals surface area contributed by atoms with E-state index in [2.05, 4.69) is 10.4 Å². The quantitative estimate of drug-likeness (QED) is 0.886. The molecule has 0 bridgehead atoms. The Morgan fingerprint density at radius 2 is 1.96 bits per heavy atom. The van der Waals surface area contributed by atoms with Gasteiger partial charge in [0.2, 0.25) is 5.88 Å². The van der Waals surface area contributed by atoms with Crippen molar-refractivity contribution in [3.8, 4) is 11.6 Å². The first-order valence-electron chi connectivity index (χ1n) is 7.50. The Labute approximate surface area is 136 Å². The van der Waals surface area contributed by atoms with E-state index in [9.17, 15) is 4.79 Å². The number of nitrogens with one attached hydrogen (secondary N) is 1. The number of hydrogen-bond donors (Lipinski definition) is 1. The van der Waals surface area contributed by atoms with E-state index in [1.165, 1.54) is 0 Å². The van der Waals surface area contributed by atoms with Gasteiger partial charge in [0.25, 0.3) is 5.91 Å². The second kappa shape index (κ2) is 7.17. The SMILES string of the molecule is COc1c(CNC(=O)[C@H](C)Oc2ccc(C)cc2)c(C)nn1C. The molecule has 0 unspecified atom stereocenters. The summed E-state index contributed by atoms with van der Waals surface area (Å²) in [4.78, 5) is 12.2. The number of hydrogen-bond acceptors (Lipinski definition) is 4. The van der Waals surface area contributed by atoms with Gasteiger partial charge in [0, 0.05) is 7.05 Å². The third kappa shape index (κ3) is 4.03. The van der Waals surface area contributed by atoms with Crippen LogP contribution >= 0.6 is 0 Å². The third-order valence-electron chi connectivity index (χ3n) is 3.62. The fourth-order valence-corrected chi connectivity index (χ4v) is 2.33. The standard InChI is InChI=1S/C17H23N3O3/c1-11-6-8-14(9-7-11)23-13(3)16(21)18-10-15-12(2)19-20(4)17(15)22-5/h6-9,13H,10H2,1-5H3,(H,18,21)/t13-/m0/s1. The van der Waals surface area contributed by atoms with Gasteiger partial charge in [-0.05, 0) is 32.9 Å². The maximum absolute atomic E-state index is 12.2. The Hall–Kier alpha value is -2.50. The molecule has 0 aliphatic carbocycles. The number of nitrogens with zero attached hydrogens (tertiary/aromatic N) is 2. The zero-order valence-corrected chi connectivity index (χ0v) is 14.2. The van der Waals surface area contributed by atoms with Crippen LogP contribution in [0.3, 0.4) is 0 Å². The number of benzene rings is 1. The summed E-state index contributed by atoms with van der Waals surface area (Å²) in [6, 6.07) is 7.61. The van der Waals surface area contributed by atoms with Gasteiger partial charge in [0.05, 0.1) is 24.9 Å². The lowest BCUT2D eigenvalue weighted by atomic mass is 10.2. The molecule has 124 valence electrons. The first-order chi connectivity index (χ1) is 10.9. The highest BCUT2D eigenvalue weighted by molar-refractivity contribution is 5.80. The van der Waals surface area contributed by atoms with E-state index < -0.39 is 6.10 Å². The van der Waals surface area contributed by atoms with Gasteiger partial charge in [-0.25, -0.2) is 4.68 Å². The Morgan fingerprint density at radius 3 is 2.57 bits per heavy atom. The Bertz CT molecular complexity index is 677. The molecule has 1 atom stereocenters. The van der Waals surface area contributed by atoms with Gasteiger partial charge < -0.3 is 14.8 Å². The van der Waals surface area contributed by atoms with Crippen molar-refractivity contribution in [1.82, 2.24) is 15.1 Å². The topological polar surface area (TPSA) is 65.4 Å². The molecule has 1 aromatic heterocycles. The highest BCUT2D eigenvalue weighted by atomic mass is 16.5. The van der Waals surface area contributed by atoms with Crippen LogP contribution in [-0.2, 0) is 18.4 Å². The van der Waals surface area contributed by atoms with E-state index in [4.69, 9.17) is 9.47 Å². The molecule has 0 spiro atoms. The number of rotatable bonds is 6. The molecule has 1 heterocycles. The normalized spacial score (nSPS) is 11.9. The molecule has 0 saturated heterocycles. The number of amides is 1. The smallest absolute Gasteiger partial charge is 0.261 e. The van der Waals surface area contributed by atoms with Crippen LogP contribution in [0.25, 0.3) is 0 Å². The molecule has 6 heteroatoms. The third-order valence-corrected chi connectivity index (χ3v) is 3.62. The van der Waals surface area contributed by atoms with Crippen LogP contribution in [0.5, 0.6) is 11.6 Å². The second-order valence-corrected chi connectivity index (χ2v) is 5.49. The lowest BCUT2D eigenvalue weighted by molar-refractivity contribution is -0.127. The summed E-state index contributed by atoms with van der Waals surface area (Å²) in [5.41, 5.74) is 2.84. The summed E-state index contributed by atoms with van der Waals surface area (Å²) in [6.07, 6.45) is -0.583. The monoisotopic (exact) mass is 317 g/mol. The Balaban J connectivity index is 1.95. The highest BCUT2D eigenvalue weighted by Crippen LogP contribution is 2.20. The molecule has 0 fully saturated rings. The number of aryl methyl sites for hydroxylation is 3. The number of carbonyl (C=O) groups excluding carboxylic acids is 1. The van der Waals surface area contributed by atoms with E-state index in [0.29, 0.717) is 18.2 Å². The van der Waals surface area contributed by atoms with Crippen LogP contribution in [0, 0.1) is 13.8 Å². The molecule has 0 saturated carbocycles. The fraction of sp³-hybridized carbons (Fsp3) is 0.412. The van der Waals surface area contributed by atoms with Crippen molar-refractivity contribution in [3.05, 3.63) is 41.1 Å². The van der Waals surface area contributed by atoms with E-state index in [1.54, 1.807) is 25.8 Å². The minimum Gasteiger partial charge on any atom is -0.481 e. The summed E-state index contributed by atoms with van der Waals surface area (Å²) < 4.78 is 12.6. The van der Waals surface area contributed by atoms with Gasteiger partial charge >= 0.3 is 0 Å². The molecule has 1 amide bonds. The minimum absolute atomic E-state index is 0.184. The summed E-state index contributed by atoms with van der Waals surface area (Å²) >= 11 is 0. The molecular formula is C17H23N3O3. The van der Waals surface area contributed by atoms with Crippen molar-refractivity contribution >= 4 is 5.91 Å². The summed E-state index contributed by atoms with van der Waals surface area (Å²) in [6.45, 7) is 5.96. The van der Waals surface area contributed by atoms with E-state index in [0.717, 1.165) is 16.8 Å². The van der Waals surface area contributed by atoms with Crippen LogP contribution < -0.4 is 14.8 Å². The van der Waals surface area contributed by atoms with Crippen LogP contribution in [0.4, 0.5) is 0 Å². The predicted molar refractivity (Wildman–Crippen MR) is 87.6 cm³/mol. The van der Waals surface area contributed by atoms with Crippen LogP contribution in [0.1, 0.15) is 23.7 Å². The largest absolute Gasteiger partial charge is 0.481 e. The molecule has 1 aromatic carbocycles. The van der Waals surface area contributed by atoms with Crippen molar-refractivity contribution in [1.29, 1.82) is 0 Å². The van der Waals surface area contributed by atoms with E-state index in [-0.39, 0.29) is 5.91 Å². The van der Waals surface area contributed by atoms with Crippen LogP contribution in [-0.4, -0.2) is 28.9 Å². The molecular weight excluding hydrogens is 294 g/mol. The first kappa shape index (κ1) is 16.9. The summed E-state index contributed by atoms with van der Waals surface area (Å²) in [7, 11) is 3.39. The van der Waals surface area contributed by atoms with Crippen molar-refractivity contribution in [2.75, 3.05) is 7.11 Å². The van der Waals surface area contributed by atoms with Crippen LogP contribution in [0.15, 0.2) is 24.3 Å². The lowest BCUT2D eigenvalue weighted by Crippen LogP contribution is -2.36. The predicted octanol–water partition coefficient (Wildman–Crippen LogP) is 2.13. The molecule has 0 aliphatic rings. The molecule has 0 aliphatic heterocycles. The lowest BCUT2D eigenvalue weighted by Gasteiger charge is -2.15. The molecule has 23 heavy (non-hydrogen) atoms. The van der Waals surface area contributed by atoms with Gasteiger partial charge in [-0.3, -0.25) is 4.79 Å². The average Bonchev–Trinajstić information content (AvgIpc) is 2.80. The van der Waals surface area contributed by atoms with Gasteiger partial charge in [0.1, 0.15) is 5.75 Å². The summed E-state index contributed by atoms with van der Waals surface area (Å²) in [5, 5.41) is 7.15. The number of aromatic nitrogens is 2. The average molecular weight is 317 g/mol. The van der Waals surface area contributed by atoms with Gasteiger partial charge in [-0.15, -0.1) is 0 Å². The Morgan fingerprint density at radius 1 is 1.30 bits per heavy atom. The van der Waals surface area contributed by atoms with Gasteiger partial charge in [0.15, 0.2) is 6.10 Å². The molecule has 0 radical (unpaired) electrons. The van der Waals surface area contributed by atoms with Crippen LogP contribution in [0.2, 0.25) is 0 Å². The second-order valence-electron chi connectivity index (χ2n) is 5.49. The van der Waals surface area contributed by atoms with E-state index in [1.807, 2.05) is 38.1 Å². The maximum atomic E-state index is 12.2. The van der Waals surface area contributed by atoms with Crippen molar-refractivity contribution in [3.63, 3.8) is 0 Å². The van der Waals surface area contributed by atoms with Crippen molar-refractivity contribution in [2.45, 2.75) is 33.4 Å². The fourth-order valence-electron chi connectivity index (χ4n) is 2.33. The van der Waals surface area contributed by atoms with Gasteiger partial charge in [-0.1, -0.05) is 17.7 Å².